The Labute approximate surface area is 232 Å². The summed E-state index contributed by atoms with van der Waals surface area (Å²) in [5.74, 6) is 2.41. The molecule has 5 rings (SSSR count). The molecule has 216 valence electrons. The first-order valence-electron chi connectivity index (χ1n) is 15.7. The van der Waals surface area contributed by atoms with Gasteiger partial charge >= 0.3 is 11.9 Å². The van der Waals surface area contributed by atoms with Crippen LogP contribution < -0.4 is 0 Å². The number of quaternary nitrogens is 2. The zero-order valence-electron chi connectivity index (χ0n) is 25.6. The summed E-state index contributed by atoms with van der Waals surface area (Å²) in [6.07, 6.45) is 12.3. The van der Waals surface area contributed by atoms with E-state index in [2.05, 4.69) is 42.0 Å². The van der Waals surface area contributed by atoms with Crippen molar-refractivity contribution in [1.29, 1.82) is 0 Å². The minimum absolute atomic E-state index is 0.00162. The number of ether oxygens (including phenoxy) is 2. The second kappa shape index (κ2) is 9.75. The highest BCUT2D eigenvalue weighted by atomic mass is 16.5. The molecule has 0 amide bonds. The summed E-state index contributed by atoms with van der Waals surface area (Å²) in [7, 11) is 9.29. The Morgan fingerprint density at radius 2 is 1.50 bits per heavy atom. The van der Waals surface area contributed by atoms with Gasteiger partial charge in [0, 0.05) is 32.1 Å². The number of piperidine rings is 1. The molecule has 0 spiro atoms. The summed E-state index contributed by atoms with van der Waals surface area (Å²) in [4.78, 5) is 24.5. The van der Waals surface area contributed by atoms with Crippen LogP contribution in [0.3, 0.4) is 0 Å². The maximum absolute atomic E-state index is 12.3. The molecule has 0 aromatic heterocycles. The second-order valence-corrected chi connectivity index (χ2v) is 15.8. The van der Waals surface area contributed by atoms with Gasteiger partial charge in [-0.2, -0.15) is 0 Å². The summed E-state index contributed by atoms with van der Waals surface area (Å²) in [6, 6.07) is 0.757. The van der Waals surface area contributed by atoms with Gasteiger partial charge in [-0.3, -0.25) is 9.59 Å². The van der Waals surface area contributed by atoms with E-state index in [-0.39, 0.29) is 35.0 Å². The maximum Gasteiger partial charge on any atom is 0.303 e. The van der Waals surface area contributed by atoms with Crippen LogP contribution in [0, 0.1) is 34.5 Å². The number of hydrogen-bond donors (Lipinski definition) is 0. The van der Waals surface area contributed by atoms with Crippen LogP contribution in [0.25, 0.3) is 0 Å². The average molecular weight is 533 g/mol. The number of carbonyl (C=O) groups excluding carboxylic acids is 2. The molecular formula is C32H56N2O4+2. The van der Waals surface area contributed by atoms with E-state index in [0.29, 0.717) is 35.8 Å². The van der Waals surface area contributed by atoms with Crippen molar-refractivity contribution >= 4 is 11.9 Å². The first kappa shape index (κ1) is 28.4. The van der Waals surface area contributed by atoms with E-state index in [1.54, 1.807) is 13.8 Å². The molecule has 0 bridgehead atoms. The lowest BCUT2D eigenvalue weighted by molar-refractivity contribution is -0.943. The Kier molecular flexibility index (Phi) is 7.28. The molecule has 0 aromatic carbocycles. The quantitative estimate of drug-likeness (QED) is 0.370. The molecule has 1 heterocycles. The first-order valence-corrected chi connectivity index (χ1v) is 15.7. The number of rotatable bonds is 4. The Balaban J connectivity index is 1.46. The normalized spacial score (nSPS) is 46.3. The molecule has 5 aliphatic rings. The van der Waals surface area contributed by atoms with Gasteiger partial charge in [0.1, 0.15) is 12.1 Å². The minimum Gasteiger partial charge on any atom is -0.456 e. The summed E-state index contributed by atoms with van der Waals surface area (Å²) < 4.78 is 14.3. The predicted molar refractivity (Wildman–Crippen MR) is 149 cm³/mol. The van der Waals surface area contributed by atoms with E-state index >= 15 is 0 Å². The Morgan fingerprint density at radius 3 is 2.11 bits per heavy atom. The van der Waals surface area contributed by atoms with Crippen LogP contribution in [0.15, 0.2) is 0 Å². The zero-order chi connectivity index (χ0) is 27.7. The third-order valence-corrected chi connectivity index (χ3v) is 12.8. The van der Waals surface area contributed by atoms with Crippen LogP contribution in [0.4, 0.5) is 0 Å². The van der Waals surface area contributed by atoms with E-state index in [4.69, 9.17) is 9.47 Å². The molecule has 38 heavy (non-hydrogen) atoms. The summed E-state index contributed by atoms with van der Waals surface area (Å²) in [5.41, 5.74) is 0.349. The number of fused-ring (bicyclic) bond motifs is 5. The van der Waals surface area contributed by atoms with Gasteiger partial charge < -0.3 is 18.4 Å². The van der Waals surface area contributed by atoms with E-state index < -0.39 is 0 Å². The van der Waals surface area contributed by atoms with Gasteiger partial charge in [-0.25, -0.2) is 0 Å². The fourth-order valence-electron chi connectivity index (χ4n) is 10.9. The summed E-state index contributed by atoms with van der Waals surface area (Å²) in [6.45, 7) is 10.7. The van der Waals surface area contributed by atoms with Crippen LogP contribution in [0.1, 0.15) is 91.9 Å². The second-order valence-electron chi connectivity index (χ2n) is 15.8. The number of likely N-dealkylation sites (tertiary alicyclic amines) is 1. The summed E-state index contributed by atoms with van der Waals surface area (Å²) in [5, 5.41) is 0. The van der Waals surface area contributed by atoms with Crippen molar-refractivity contribution in [3.05, 3.63) is 0 Å². The number of esters is 2. The van der Waals surface area contributed by atoms with Crippen LogP contribution >= 0.6 is 0 Å². The van der Waals surface area contributed by atoms with Gasteiger partial charge in [-0.05, 0) is 80.5 Å². The van der Waals surface area contributed by atoms with Crippen molar-refractivity contribution in [2.75, 3.05) is 41.3 Å². The third kappa shape index (κ3) is 4.63. The number of nitrogens with zero attached hydrogens (tertiary/aromatic N) is 2. The van der Waals surface area contributed by atoms with Crippen LogP contribution in [0.5, 0.6) is 0 Å². The van der Waals surface area contributed by atoms with Crippen molar-refractivity contribution in [3.8, 4) is 0 Å². The van der Waals surface area contributed by atoms with Crippen molar-refractivity contribution in [2.24, 2.45) is 34.5 Å². The SMILES string of the molecule is CC(=O)O[C@H]1C[C@@H]2CC[C@@H]3[C@H](CC[C@@]4(C)[C@H]3C[C@H]([N+](C)(C)C)[C@@H]4OC(C)=O)[C@@]2(C)C[C@@H]1[N+]1(C)CCCCC1. The first-order chi connectivity index (χ1) is 17.7. The van der Waals surface area contributed by atoms with Crippen molar-refractivity contribution in [1.82, 2.24) is 0 Å². The molecule has 0 unspecified atom stereocenters. The number of likely N-dealkylation sites (N-methyl/N-ethyl adjacent to an activating group) is 2. The molecular weight excluding hydrogens is 476 g/mol. The van der Waals surface area contributed by atoms with E-state index in [1.807, 2.05) is 0 Å². The molecule has 0 radical (unpaired) electrons. The third-order valence-electron chi connectivity index (χ3n) is 12.8. The topological polar surface area (TPSA) is 52.6 Å². The van der Waals surface area contributed by atoms with Gasteiger partial charge in [0.15, 0.2) is 12.2 Å². The fraction of sp³-hybridized carbons (Fsp3) is 0.938. The molecule has 10 atom stereocenters. The number of carbonyl (C=O) groups is 2. The molecule has 6 heteroatoms. The molecule has 1 saturated heterocycles. The van der Waals surface area contributed by atoms with E-state index in [9.17, 15) is 9.59 Å². The summed E-state index contributed by atoms with van der Waals surface area (Å²) >= 11 is 0. The largest absolute Gasteiger partial charge is 0.456 e. The molecule has 6 nitrogen and oxygen atoms in total. The van der Waals surface area contributed by atoms with Gasteiger partial charge in [0.25, 0.3) is 0 Å². The number of hydrogen-bond acceptors (Lipinski definition) is 4. The average Bonchev–Trinajstić information content (AvgIpc) is 3.11. The van der Waals surface area contributed by atoms with Crippen molar-refractivity contribution < 1.29 is 28.0 Å². The monoisotopic (exact) mass is 532 g/mol. The lowest BCUT2D eigenvalue weighted by Crippen LogP contribution is -2.66. The van der Waals surface area contributed by atoms with Crippen LogP contribution in [0.2, 0.25) is 0 Å². The van der Waals surface area contributed by atoms with E-state index in [1.165, 1.54) is 58.0 Å². The molecule has 0 N–H and O–H groups in total. The maximum atomic E-state index is 12.3. The van der Waals surface area contributed by atoms with Crippen LogP contribution in [-0.4, -0.2) is 86.5 Å². The van der Waals surface area contributed by atoms with Crippen molar-refractivity contribution in [2.45, 2.75) is 116 Å². The zero-order valence-corrected chi connectivity index (χ0v) is 25.6. The Bertz CT molecular complexity index is 923. The molecule has 1 aliphatic heterocycles. The van der Waals surface area contributed by atoms with Gasteiger partial charge in [-0.15, -0.1) is 0 Å². The minimum atomic E-state index is -0.127. The van der Waals surface area contributed by atoms with Gasteiger partial charge in [0.05, 0.1) is 41.3 Å². The Hall–Kier alpha value is -1.14. The van der Waals surface area contributed by atoms with E-state index in [0.717, 1.165) is 28.2 Å². The fourth-order valence-corrected chi connectivity index (χ4v) is 10.9. The smallest absolute Gasteiger partial charge is 0.303 e. The molecule has 5 fully saturated rings. The Morgan fingerprint density at radius 1 is 0.842 bits per heavy atom. The van der Waals surface area contributed by atoms with Gasteiger partial charge in [-0.1, -0.05) is 13.8 Å². The van der Waals surface area contributed by atoms with Crippen molar-refractivity contribution in [3.63, 3.8) is 0 Å². The standard InChI is InChI=1S/C32H56N2O4/c1-21(35)37-29-18-23-12-13-24-25(32(23,4)20-28(29)34(8)16-10-9-11-17-34)14-15-31(3)26(24)19-27(33(5,6)7)30(31)38-22(2)36/h23-30H,9-20H2,1-8H3/q+2/t23-,24+,25-,26-,27-,28-,29-,30-,31-,32-/m0/s1. The lowest BCUT2D eigenvalue weighted by atomic mass is 9.44. The highest BCUT2D eigenvalue weighted by Gasteiger charge is 2.67. The van der Waals surface area contributed by atoms with Gasteiger partial charge in [0.2, 0.25) is 0 Å². The lowest BCUT2D eigenvalue weighted by Gasteiger charge is -2.63. The van der Waals surface area contributed by atoms with Crippen LogP contribution in [-0.2, 0) is 19.1 Å². The predicted octanol–water partition coefficient (Wildman–Crippen LogP) is 5.19. The molecule has 0 aromatic rings. The molecule has 4 aliphatic carbocycles. The highest BCUT2D eigenvalue weighted by molar-refractivity contribution is 5.66. The highest BCUT2D eigenvalue weighted by Crippen LogP contribution is 2.67. The molecule has 4 saturated carbocycles.